The molecule has 0 radical (unpaired) electrons. The Labute approximate surface area is 184 Å². The normalized spacial score (nSPS) is 38.8. The van der Waals surface area contributed by atoms with Gasteiger partial charge in [0.15, 0.2) is 0 Å². The Hall–Kier alpha value is -0.900. The highest BCUT2D eigenvalue weighted by Crippen LogP contribution is 2.60. The highest BCUT2D eigenvalue weighted by Gasteiger charge is 2.50. The van der Waals surface area contributed by atoms with Crippen LogP contribution in [0.2, 0.25) is 0 Å². The summed E-state index contributed by atoms with van der Waals surface area (Å²) in [6.07, 6.45) is 13.9. The molecule has 3 N–H and O–H groups in total. The maximum Gasteiger partial charge on any atom is 0.0811 e. The fourth-order valence-electron chi connectivity index (χ4n) is 6.74. The molecule has 3 fully saturated rings. The van der Waals surface area contributed by atoms with Crippen LogP contribution in [-0.4, -0.2) is 33.1 Å². The standard InChI is InChI=1S/C27H44O3/c1-18(8-6-14-26(3,4)30)23-12-13-24-20(9-7-15-27(23,24)5)10-11-21-16-22(28)17-25(29)19(21)2/h10-11,18,22-25,28-30H,2,6-9,12-17H2,1,3-5H3/t18-,22+,23-,24?,25+,27-/m1/s1. The average Bonchev–Trinajstić information content (AvgIpc) is 3.00. The monoisotopic (exact) mass is 416 g/mol. The van der Waals surface area contributed by atoms with E-state index in [1.165, 1.54) is 38.5 Å². The van der Waals surface area contributed by atoms with E-state index < -0.39 is 17.8 Å². The summed E-state index contributed by atoms with van der Waals surface area (Å²) in [5.41, 5.74) is 3.17. The van der Waals surface area contributed by atoms with Crippen molar-refractivity contribution in [2.75, 3.05) is 0 Å². The SMILES string of the molecule is C=C1C(=CC=C2CCC[C@@]3(C)C2CC[C@@H]3[C@H](C)CCCC(C)(C)O)C[C@H](O)C[C@@H]1O. The average molecular weight is 417 g/mol. The predicted octanol–water partition coefficient (Wildman–Crippen LogP) is 5.70. The molecule has 0 heterocycles. The van der Waals surface area contributed by atoms with Gasteiger partial charge < -0.3 is 15.3 Å². The Morgan fingerprint density at radius 3 is 2.67 bits per heavy atom. The van der Waals surface area contributed by atoms with Gasteiger partial charge in [-0.2, -0.15) is 0 Å². The molecular formula is C27H44O3. The Bertz CT molecular complexity index is 683. The maximum absolute atomic E-state index is 10.1. The molecule has 3 aliphatic rings. The number of aliphatic hydroxyl groups excluding tert-OH is 2. The topological polar surface area (TPSA) is 60.7 Å². The third kappa shape index (κ3) is 5.29. The van der Waals surface area contributed by atoms with Crippen molar-refractivity contribution in [2.24, 2.45) is 23.2 Å². The second kappa shape index (κ2) is 9.30. The Kier molecular flexibility index (Phi) is 7.37. The molecule has 3 nitrogen and oxygen atoms in total. The van der Waals surface area contributed by atoms with Crippen molar-refractivity contribution in [3.63, 3.8) is 0 Å². The number of hydrogen-bond acceptors (Lipinski definition) is 3. The van der Waals surface area contributed by atoms with Crippen LogP contribution >= 0.6 is 0 Å². The molecule has 3 saturated carbocycles. The zero-order chi connectivity index (χ0) is 22.1. The maximum atomic E-state index is 10.1. The van der Waals surface area contributed by atoms with E-state index in [0.29, 0.717) is 30.1 Å². The molecule has 0 spiro atoms. The molecule has 0 amide bonds. The van der Waals surface area contributed by atoms with Crippen LogP contribution in [-0.2, 0) is 0 Å². The van der Waals surface area contributed by atoms with E-state index in [2.05, 4.69) is 32.6 Å². The van der Waals surface area contributed by atoms with Gasteiger partial charge in [-0.3, -0.25) is 0 Å². The number of fused-ring (bicyclic) bond motifs is 1. The summed E-state index contributed by atoms with van der Waals surface area (Å²) in [5.74, 6) is 2.11. The van der Waals surface area contributed by atoms with Crippen molar-refractivity contribution in [2.45, 2.75) is 110 Å². The van der Waals surface area contributed by atoms with E-state index in [0.717, 1.165) is 29.9 Å². The molecule has 6 atom stereocenters. The van der Waals surface area contributed by atoms with E-state index in [4.69, 9.17) is 0 Å². The van der Waals surface area contributed by atoms with E-state index >= 15 is 0 Å². The molecular weight excluding hydrogens is 372 g/mol. The summed E-state index contributed by atoms with van der Waals surface area (Å²) >= 11 is 0. The third-order valence-electron chi connectivity index (χ3n) is 8.44. The van der Waals surface area contributed by atoms with Crippen LogP contribution in [0.3, 0.4) is 0 Å². The molecule has 3 heteroatoms. The van der Waals surface area contributed by atoms with Crippen LogP contribution in [0, 0.1) is 23.2 Å². The van der Waals surface area contributed by atoms with Gasteiger partial charge in [-0.05, 0) is 93.1 Å². The Morgan fingerprint density at radius 2 is 1.97 bits per heavy atom. The van der Waals surface area contributed by atoms with Gasteiger partial charge >= 0.3 is 0 Å². The molecule has 3 rings (SSSR count). The second-order valence-corrected chi connectivity index (χ2v) is 11.3. The number of hydrogen-bond donors (Lipinski definition) is 3. The fourth-order valence-corrected chi connectivity index (χ4v) is 6.74. The summed E-state index contributed by atoms with van der Waals surface area (Å²) < 4.78 is 0. The summed E-state index contributed by atoms with van der Waals surface area (Å²) in [6, 6.07) is 0. The van der Waals surface area contributed by atoms with Crippen LogP contribution in [0.4, 0.5) is 0 Å². The van der Waals surface area contributed by atoms with Crippen LogP contribution in [0.25, 0.3) is 0 Å². The molecule has 3 aliphatic carbocycles. The van der Waals surface area contributed by atoms with Gasteiger partial charge in [-0.15, -0.1) is 0 Å². The van der Waals surface area contributed by atoms with Crippen LogP contribution in [0.15, 0.2) is 35.5 Å². The van der Waals surface area contributed by atoms with E-state index in [-0.39, 0.29) is 0 Å². The summed E-state index contributed by atoms with van der Waals surface area (Å²) in [6.45, 7) is 12.8. The quantitative estimate of drug-likeness (QED) is 0.520. The number of allylic oxidation sites excluding steroid dienone is 3. The van der Waals surface area contributed by atoms with Crippen LogP contribution in [0.1, 0.15) is 91.9 Å². The molecule has 0 aromatic rings. The van der Waals surface area contributed by atoms with Gasteiger partial charge in [0.2, 0.25) is 0 Å². The third-order valence-corrected chi connectivity index (χ3v) is 8.44. The van der Waals surface area contributed by atoms with E-state index in [1.807, 2.05) is 13.8 Å². The highest BCUT2D eigenvalue weighted by molar-refractivity contribution is 5.38. The predicted molar refractivity (Wildman–Crippen MR) is 124 cm³/mol. The first kappa shape index (κ1) is 23.8. The van der Waals surface area contributed by atoms with Crippen molar-refractivity contribution < 1.29 is 15.3 Å². The van der Waals surface area contributed by atoms with Crippen LogP contribution < -0.4 is 0 Å². The van der Waals surface area contributed by atoms with Gasteiger partial charge in [0.25, 0.3) is 0 Å². The number of aliphatic hydroxyl groups is 3. The lowest BCUT2D eigenvalue weighted by Crippen LogP contribution is -2.36. The van der Waals surface area contributed by atoms with Gasteiger partial charge in [-0.25, -0.2) is 0 Å². The van der Waals surface area contributed by atoms with Gasteiger partial charge in [0, 0.05) is 6.42 Å². The minimum absolute atomic E-state index is 0.374. The summed E-state index contributed by atoms with van der Waals surface area (Å²) in [5, 5.41) is 30.2. The largest absolute Gasteiger partial charge is 0.393 e. The minimum atomic E-state index is -0.615. The fraction of sp³-hybridized carbons (Fsp3) is 0.778. The Balaban J connectivity index is 1.70. The van der Waals surface area contributed by atoms with Gasteiger partial charge in [-0.1, -0.05) is 51.0 Å². The molecule has 1 unspecified atom stereocenters. The summed E-state index contributed by atoms with van der Waals surface area (Å²) in [7, 11) is 0. The minimum Gasteiger partial charge on any atom is -0.393 e. The van der Waals surface area contributed by atoms with E-state index in [1.54, 1.807) is 5.57 Å². The molecule has 0 bridgehead atoms. The first-order valence-corrected chi connectivity index (χ1v) is 12.2. The lowest BCUT2D eigenvalue weighted by Gasteiger charge is -2.44. The first-order valence-electron chi connectivity index (χ1n) is 12.2. The zero-order valence-electron chi connectivity index (χ0n) is 19.7. The zero-order valence-corrected chi connectivity index (χ0v) is 19.7. The van der Waals surface area contributed by atoms with Crippen molar-refractivity contribution in [1.29, 1.82) is 0 Å². The molecule has 170 valence electrons. The first-order chi connectivity index (χ1) is 14.0. The summed E-state index contributed by atoms with van der Waals surface area (Å²) in [4.78, 5) is 0. The van der Waals surface area contributed by atoms with Crippen molar-refractivity contribution in [1.82, 2.24) is 0 Å². The molecule has 0 aromatic carbocycles. The smallest absolute Gasteiger partial charge is 0.0811 e. The Morgan fingerprint density at radius 1 is 1.23 bits per heavy atom. The molecule has 0 aliphatic heterocycles. The van der Waals surface area contributed by atoms with Crippen molar-refractivity contribution in [3.05, 3.63) is 35.5 Å². The highest BCUT2D eigenvalue weighted by atomic mass is 16.3. The van der Waals surface area contributed by atoms with Crippen molar-refractivity contribution in [3.8, 4) is 0 Å². The molecule has 0 aromatic heterocycles. The number of rotatable bonds is 6. The van der Waals surface area contributed by atoms with Gasteiger partial charge in [0.05, 0.1) is 17.8 Å². The lowest BCUT2D eigenvalue weighted by atomic mass is 9.60. The van der Waals surface area contributed by atoms with Gasteiger partial charge in [0.1, 0.15) is 0 Å². The molecule has 30 heavy (non-hydrogen) atoms. The lowest BCUT2D eigenvalue weighted by molar-refractivity contribution is 0.0596. The molecule has 0 saturated heterocycles. The van der Waals surface area contributed by atoms with Crippen molar-refractivity contribution >= 4 is 0 Å². The van der Waals surface area contributed by atoms with E-state index in [9.17, 15) is 15.3 Å². The van der Waals surface area contributed by atoms with Crippen LogP contribution in [0.5, 0.6) is 0 Å². The second-order valence-electron chi connectivity index (χ2n) is 11.3.